The maximum absolute atomic E-state index is 11.9. The van der Waals surface area contributed by atoms with Crippen LogP contribution in [-0.2, 0) is 7.05 Å². The predicted octanol–water partition coefficient (Wildman–Crippen LogP) is 0.378. The normalized spacial score (nSPS) is 9.58. The zero-order chi connectivity index (χ0) is 13.7. The number of carbonyl (C=O) groups excluding carboxylic acids is 1. The summed E-state index contributed by atoms with van der Waals surface area (Å²) in [4.78, 5) is 15.9. The second kappa shape index (κ2) is 5.80. The first-order valence-corrected chi connectivity index (χ1v) is 5.65. The fourth-order valence-electron chi connectivity index (χ4n) is 1.42. The second-order valence-corrected chi connectivity index (χ2v) is 3.77. The monoisotopic (exact) mass is 255 g/mol. The first-order valence-electron chi connectivity index (χ1n) is 5.65. The van der Waals surface area contributed by atoms with E-state index in [1.165, 1.54) is 6.20 Å². The van der Waals surface area contributed by atoms with Gasteiger partial charge in [0.1, 0.15) is 5.69 Å². The maximum atomic E-state index is 11.9. The van der Waals surface area contributed by atoms with Crippen LogP contribution < -0.4 is 11.1 Å². The summed E-state index contributed by atoms with van der Waals surface area (Å²) < 4.78 is 1.61. The van der Waals surface area contributed by atoms with Crippen LogP contribution >= 0.6 is 0 Å². The molecule has 0 bridgehead atoms. The third kappa shape index (κ3) is 3.40. The lowest BCUT2D eigenvalue weighted by molar-refractivity contribution is 0.102. The van der Waals surface area contributed by atoms with Crippen LogP contribution in [0.1, 0.15) is 16.1 Å². The molecule has 2 aromatic heterocycles. The molecule has 0 unspecified atom stereocenters. The number of nitrogens with zero attached hydrogens (tertiary/aromatic N) is 3. The minimum Gasteiger partial charge on any atom is -0.320 e. The minimum absolute atomic E-state index is 0.294. The SMILES string of the molecule is Cn1ccc(NC(=O)c2ccc(C#CCN)cn2)n1. The summed E-state index contributed by atoms with van der Waals surface area (Å²) in [5.41, 5.74) is 6.31. The van der Waals surface area contributed by atoms with Gasteiger partial charge in [0.25, 0.3) is 5.91 Å². The Kier molecular flexibility index (Phi) is 3.90. The summed E-state index contributed by atoms with van der Waals surface area (Å²) in [7, 11) is 1.78. The number of hydrogen-bond donors (Lipinski definition) is 2. The number of carbonyl (C=O) groups is 1. The van der Waals surface area contributed by atoms with Gasteiger partial charge in [-0.2, -0.15) is 5.10 Å². The first kappa shape index (κ1) is 12.8. The van der Waals surface area contributed by atoms with Crippen LogP contribution in [0.5, 0.6) is 0 Å². The quantitative estimate of drug-likeness (QED) is 0.759. The van der Waals surface area contributed by atoms with Gasteiger partial charge in [0.05, 0.1) is 6.54 Å². The molecule has 1 amide bonds. The van der Waals surface area contributed by atoms with Crippen molar-refractivity contribution in [1.29, 1.82) is 0 Å². The summed E-state index contributed by atoms with van der Waals surface area (Å²) in [6, 6.07) is 5.04. The van der Waals surface area contributed by atoms with Gasteiger partial charge < -0.3 is 11.1 Å². The van der Waals surface area contributed by atoms with Crippen LogP contribution in [0.15, 0.2) is 30.6 Å². The molecule has 3 N–H and O–H groups in total. The number of rotatable bonds is 2. The summed E-state index contributed by atoms with van der Waals surface area (Å²) >= 11 is 0. The summed E-state index contributed by atoms with van der Waals surface area (Å²) in [6.07, 6.45) is 3.28. The van der Waals surface area contributed by atoms with E-state index in [2.05, 4.69) is 27.2 Å². The van der Waals surface area contributed by atoms with E-state index in [9.17, 15) is 4.79 Å². The van der Waals surface area contributed by atoms with Crippen molar-refractivity contribution in [2.24, 2.45) is 12.8 Å². The Bertz CT molecular complexity index is 633. The zero-order valence-electron chi connectivity index (χ0n) is 10.4. The van der Waals surface area contributed by atoms with Crippen LogP contribution in [0.25, 0.3) is 0 Å². The van der Waals surface area contributed by atoms with Crippen LogP contribution in [-0.4, -0.2) is 27.2 Å². The Balaban J connectivity index is 2.07. The third-order valence-corrected chi connectivity index (χ3v) is 2.29. The standard InChI is InChI=1S/C13H13N5O/c1-18-8-6-12(17-18)16-13(19)11-5-4-10(9-15-11)3-2-7-14/h4-6,8-9H,7,14H2,1H3,(H,16,17,19). The molecule has 2 aromatic rings. The van der Waals surface area contributed by atoms with Crippen LogP contribution in [0.4, 0.5) is 5.82 Å². The largest absolute Gasteiger partial charge is 0.320 e. The number of anilines is 1. The highest BCUT2D eigenvalue weighted by Crippen LogP contribution is 2.05. The van der Waals surface area contributed by atoms with Crippen LogP contribution in [0, 0.1) is 11.8 Å². The molecule has 0 aliphatic heterocycles. The second-order valence-electron chi connectivity index (χ2n) is 3.77. The molecule has 0 atom stereocenters. The van der Waals surface area contributed by atoms with E-state index in [1.54, 1.807) is 36.1 Å². The number of hydrogen-bond acceptors (Lipinski definition) is 4. The highest BCUT2D eigenvalue weighted by Gasteiger charge is 2.08. The van der Waals surface area contributed by atoms with Gasteiger partial charge in [-0.25, -0.2) is 4.98 Å². The molecule has 6 nitrogen and oxygen atoms in total. The Morgan fingerprint density at radius 1 is 1.47 bits per heavy atom. The van der Waals surface area contributed by atoms with Gasteiger partial charge in [0, 0.05) is 31.1 Å². The smallest absolute Gasteiger partial charge is 0.275 e. The van der Waals surface area contributed by atoms with Gasteiger partial charge in [-0.1, -0.05) is 11.8 Å². The molecule has 2 rings (SSSR count). The summed E-state index contributed by atoms with van der Waals surface area (Å²) in [6.45, 7) is 0.294. The molecule has 0 fully saturated rings. The maximum Gasteiger partial charge on any atom is 0.275 e. The number of amides is 1. The van der Waals surface area contributed by atoms with Gasteiger partial charge in [-0.15, -0.1) is 0 Å². The highest BCUT2D eigenvalue weighted by molar-refractivity contribution is 6.02. The van der Waals surface area contributed by atoms with Crippen molar-refractivity contribution in [1.82, 2.24) is 14.8 Å². The molecule has 0 saturated heterocycles. The van der Waals surface area contributed by atoms with Crippen molar-refractivity contribution < 1.29 is 4.79 Å². The number of pyridine rings is 1. The molecule has 6 heteroatoms. The molecular weight excluding hydrogens is 242 g/mol. The van der Waals surface area contributed by atoms with Crippen molar-refractivity contribution in [2.45, 2.75) is 0 Å². The Labute approximate surface area is 110 Å². The number of aryl methyl sites for hydroxylation is 1. The molecule has 0 spiro atoms. The molecule has 2 heterocycles. The molecule has 0 saturated carbocycles. The number of nitrogens with two attached hydrogens (primary N) is 1. The molecule has 0 aliphatic carbocycles. The van der Waals surface area contributed by atoms with E-state index in [0.29, 0.717) is 18.1 Å². The lowest BCUT2D eigenvalue weighted by atomic mass is 10.2. The highest BCUT2D eigenvalue weighted by atomic mass is 16.1. The van der Waals surface area contributed by atoms with E-state index in [4.69, 9.17) is 5.73 Å². The lowest BCUT2D eigenvalue weighted by Crippen LogP contribution is -2.14. The van der Waals surface area contributed by atoms with Crippen molar-refractivity contribution >= 4 is 11.7 Å². The fourth-order valence-corrected chi connectivity index (χ4v) is 1.42. The molecule has 0 aromatic carbocycles. The van der Waals surface area contributed by atoms with E-state index in [-0.39, 0.29) is 5.91 Å². The zero-order valence-corrected chi connectivity index (χ0v) is 10.4. The van der Waals surface area contributed by atoms with Crippen LogP contribution in [0.3, 0.4) is 0 Å². The van der Waals surface area contributed by atoms with Crippen molar-refractivity contribution in [3.63, 3.8) is 0 Å². The minimum atomic E-state index is -0.308. The predicted molar refractivity (Wildman–Crippen MR) is 71.3 cm³/mol. The number of aromatic nitrogens is 3. The Morgan fingerprint density at radius 3 is 2.89 bits per heavy atom. The van der Waals surface area contributed by atoms with Crippen molar-refractivity contribution in [3.8, 4) is 11.8 Å². The average molecular weight is 255 g/mol. The molecule has 0 radical (unpaired) electrons. The molecule has 19 heavy (non-hydrogen) atoms. The number of nitrogens with one attached hydrogen (secondary N) is 1. The Morgan fingerprint density at radius 2 is 2.32 bits per heavy atom. The topological polar surface area (TPSA) is 85.8 Å². The van der Waals surface area contributed by atoms with E-state index < -0.39 is 0 Å². The summed E-state index contributed by atoms with van der Waals surface area (Å²) in [5.74, 6) is 5.74. The average Bonchev–Trinajstić information content (AvgIpc) is 2.82. The fraction of sp³-hybridized carbons (Fsp3) is 0.154. The van der Waals surface area contributed by atoms with Gasteiger partial charge in [-0.3, -0.25) is 9.48 Å². The van der Waals surface area contributed by atoms with Crippen molar-refractivity contribution in [3.05, 3.63) is 41.9 Å². The molecule has 0 aliphatic rings. The first-order chi connectivity index (χ1) is 9.19. The van der Waals surface area contributed by atoms with Crippen LogP contribution in [0.2, 0.25) is 0 Å². The summed E-state index contributed by atoms with van der Waals surface area (Å²) in [5, 5.41) is 6.71. The van der Waals surface area contributed by atoms with E-state index in [1.807, 2.05) is 0 Å². The van der Waals surface area contributed by atoms with Gasteiger partial charge >= 0.3 is 0 Å². The van der Waals surface area contributed by atoms with Gasteiger partial charge in [0.2, 0.25) is 0 Å². The van der Waals surface area contributed by atoms with E-state index >= 15 is 0 Å². The Hall–Kier alpha value is -2.65. The van der Waals surface area contributed by atoms with Gasteiger partial charge in [0.15, 0.2) is 5.82 Å². The lowest BCUT2D eigenvalue weighted by Gasteiger charge is -2.01. The van der Waals surface area contributed by atoms with Gasteiger partial charge in [-0.05, 0) is 12.1 Å². The van der Waals surface area contributed by atoms with E-state index in [0.717, 1.165) is 5.56 Å². The molecule has 96 valence electrons. The molecular formula is C13H13N5O. The third-order valence-electron chi connectivity index (χ3n) is 2.29. The van der Waals surface area contributed by atoms with Crippen molar-refractivity contribution in [2.75, 3.05) is 11.9 Å².